The van der Waals surface area contributed by atoms with Crippen molar-refractivity contribution in [1.82, 2.24) is 15.0 Å². The van der Waals surface area contributed by atoms with Gasteiger partial charge in [-0.15, -0.1) is 0 Å². The van der Waals surface area contributed by atoms with Gasteiger partial charge >= 0.3 is 6.16 Å². The van der Waals surface area contributed by atoms with Crippen LogP contribution in [0.15, 0.2) is 71.8 Å². The molecule has 0 unspecified atom stereocenters. The fourth-order valence-corrected chi connectivity index (χ4v) is 4.63. The number of aryl methyl sites for hydroxylation is 1. The van der Waals surface area contributed by atoms with E-state index in [0.29, 0.717) is 25.1 Å². The lowest BCUT2D eigenvalue weighted by Crippen LogP contribution is -2.25. The Labute approximate surface area is 221 Å². The Bertz CT molecular complexity index is 1500. The van der Waals surface area contributed by atoms with Crippen LogP contribution in [0.25, 0.3) is 22.2 Å². The largest absolute Gasteiger partial charge is 0.513 e. The molecule has 3 aromatic carbocycles. The van der Waals surface area contributed by atoms with Crippen LogP contribution in [-0.4, -0.2) is 34.4 Å². The van der Waals surface area contributed by atoms with Crippen molar-refractivity contribution in [3.63, 3.8) is 0 Å². The van der Waals surface area contributed by atoms with E-state index < -0.39 is 6.16 Å². The lowest BCUT2D eigenvalue weighted by molar-refractivity contribution is -0.121. The highest BCUT2D eigenvalue weighted by atomic mass is 16.7. The zero-order chi connectivity index (χ0) is 26.5. The number of ether oxygens (including phenoxy) is 2. The number of methoxy groups -OCH3 is 1. The summed E-state index contributed by atoms with van der Waals surface area (Å²) in [6.07, 6.45) is 3.36. The van der Waals surface area contributed by atoms with Crippen LogP contribution in [0.2, 0.25) is 0 Å². The fraction of sp³-hybridized carbons (Fsp3) is 0.267. The number of hydrogen-bond acceptors (Lipinski definition) is 6. The number of nitrogens with one attached hydrogen (secondary N) is 1. The molecule has 1 aliphatic rings. The average Bonchev–Trinajstić information content (AvgIpc) is 3.29. The van der Waals surface area contributed by atoms with Crippen LogP contribution >= 0.6 is 0 Å². The molecule has 0 fully saturated rings. The summed E-state index contributed by atoms with van der Waals surface area (Å²) in [7, 11) is 1.29. The van der Waals surface area contributed by atoms with E-state index in [4.69, 9.17) is 9.72 Å². The molecule has 0 aliphatic carbocycles. The van der Waals surface area contributed by atoms with E-state index in [2.05, 4.69) is 45.0 Å². The van der Waals surface area contributed by atoms with Crippen LogP contribution in [0, 0.1) is 0 Å². The molecule has 5 rings (SSSR count). The number of fused-ring (bicyclic) bond motifs is 1. The zero-order valence-electron chi connectivity index (χ0n) is 21.6. The number of benzene rings is 3. The molecule has 0 atom stereocenters. The lowest BCUT2D eigenvalue weighted by atomic mass is 10.0. The third-order valence-electron chi connectivity index (χ3n) is 6.67. The Balaban J connectivity index is 1.46. The molecule has 1 amide bonds. The maximum absolute atomic E-state index is 11.7. The molecule has 0 spiro atoms. The van der Waals surface area contributed by atoms with Crippen LogP contribution in [-0.2, 0) is 22.5 Å². The SMILES string of the molecule is CCCCc1nc2ccc(C3=NNC(=O)CC3)cc2n1Cc1ccc(-c2ccccc2OC(=O)OC)cc1. The molecule has 0 radical (unpaired) electrons. The Morgan fingerprint density at radius 3 is 2.55 bits per heavy atom. The Morgan fingerprint density at radius 1 is 1.03 bits per heavy atom. The molecule has 4 aromatic rings. The van der Waals surface area contributed by atoms with E-state index in [1.54, 1.807) is 6.07 Å². The van der Waals surface area contributed by atoms with Crippen molar-refractivity contribution < 1.29 is 19.1 Å². The third kappa shape index (κ3) is 5.44. The average molecular weight is 511 g/mol. The van der Waals surface area contributed by atoms with Crippen molar-refractivity contribution in [2.45, 2.75) is 45.6 Å². The number of amides is 1. The summed E-state index contributed by atoms with van der Waals surface area (Å²) in [4.78, 5) is 28.2. The molecule has 0 saturated carbocycles. The number of hydrogen-bond donors (Lipinski definition) is 1. The second kappa shape index (κ2) is 11.3. The Kier molecular flexibility index (Phi) is 7.49. The minimum atomic E-state index is -0.749. The van der Waals surface area contributed by atoms with Crippen LogP contribution in [0.4, 0.5) is 4.79 Å². The minimum absolute atomic E-state index is 0.0512. The van der Waals surface area contributed by atoms with Gasteiger partial charge in [0.05, 0.1) is 23.9 Å². The number of para-hydroxylation sites is 1. The maximum Gasteiger partial charge on any atom is 0.513 e. The van der Waals surface area contributed by atoms with Gasteiger partial charge in [-0.25, -0.2) is 15.2 Å². The third-order valence-corrected chi connectivity index (χ3v) is 6.67. The van der Waals surface area contributed by atoms with Gasteiger partial charge in [0.2, 0.25) is 5.91 Å². The predicted molar refractivity (Wildman–Crippen MR) is 146 cm³/mol. The van der Waals surface area contributed by atoms with Gasteiger partial charge in [-0.3, -0.25) is 4.79 Å². The highest BCUT2D eigenvalue weighted by molar-refractivity contribution is 6.05. The first-order valence-corrected chi connectivity index (χ1v) is 12.8. The van der Waals surface area contributed by atoms with Crippen molar-refractivity contribution in [2.75, 3.05) is 7.11 Å². The monoisotopic (exact) mass is 510 g/mol. The van der Waals surface area contributed by atoms with Gasteiger partial charge < -0.3 is 14.0 Å². The van der Waals surface area contributed by atoms with Gasteiger partial charge in [0.25, 0.3) is 0 Å². The quantitative estimate of drug-likeness (QED) is 0.237. The van der Waals surface area contributed by atoms with E-state index in [1.165, 1.54) is 7.11 Å². The number of hydrazone groups is 1. The molecule has 1 aliphatic heterocycles. The van der Waals surface area contributed by atoms with E-state index in [1.807, 2.05) is 42.5 Å². The molecular formula is C30H30N4O4. The van der Waals surface area contributed by atoms with Gasteiger partial charge in [0.15, 0.2) is 0 Å². The first-order valence-electron chi connectivity index (χ1n) is 12.8. The number of nitrogens with zero attached hydrogens (tertiary/aromatic N) is 3. The van der Waals surface area contributed by atoms with Gasteiger partial charge in [-0.2, -0.15) is 5.10 Å². The minimum Gasteiger partial charge on any atom is -0.437 e. The summed E-state index contributed by atoms with van der Waals surface area (Å²) < 4.78 is 12.3. The molecule has 8 heteroatoms. The lowest BCUT2D eigenvalue weighted by Gasteiger charge is -2.14. The molecule has 0 saturated heterocycles. The van der Waals surface area contributed by atoms with E-state index in [9.17, 15) is 9.59 Å². The van der Waals surface area contributed by atoms with Crippen molar-refractivity contribution in [1.29, 1.82) is 0 Å². The Hall–Kier alpha value is -4.46. The van der Waals surface area contributed by atoms with Gasteiger partial charge in [0, 0.05) is 31.4 Å². The molecule has 8 nitrogen and oxygen atoms in total. The van der Waals surface area contributed by atoms with Gasteiger partial charge in [0.1, 0.15) is 11.6 Å². The summed E-state index contributed by atoms with van der Waals surface area (Å²) in [6.45, 7) is 2.85. The maximum atomic E-state index is 11.7. The zero-order valence-corrected chi connectivity index (χ0v) is 21.6. The molecule has 194 valence electrons. The summed E-state index contributed by atoms with van der Waals surface area (Å²) in [5.74, 6) is 1.45. The topological polar surface area (TPSA) is 94.8 Å². The normalized spacial score (nSPS) is 13.2. The fourth-order valence-electron chi connectivity index (χ4n) is 4.63. The number of imidazole rings is 1. The predicted octanol–water partition coefficient (Wildman–Crippen LogP) is 5.85. The molecular weight excluding hydrogens is 480 g/mol. The summed E-state index contributed by atoms with van der Waals surface area (Å²) in [6, 6.07) is 21.8. The molecule has 0 bridgehead atoms. The van der Waals surface area contributed by atoms with Crippen LogP contribution in [0.1, 0.15) is 49.6 Å². The second-order valence-corrected chi connectivity index (χ2v) is 9.26. The van der Waals surface area contributed by atoms with E-state index in [0.717, 1.165) is 64.1 Å². The first kappa shape index (κ1) is 25.2. The van der Waals surface area contributed by atoms with Crippen LogP contribution in [0.3, 0.4) is 0 Å². The number of rotatable bonds is 8. The second-order valence-electron chi connectivity index (χ2n) is 9.26. The van der Waals surface area contributed by atoms with Crippen LogP contribution < -0.4 is 10.2 Å². The van der Waals surface area contributed by atoms with Crippen molar-refractivity contribution >= 4 is 28.8 Å². The molecule has 1 N–H and O–H groups in total. The molecule has 1 aromatic heterocycles. The highest BCUT2D eigenvalue weighted by Gasteiger charge is 2.17. The summed E-state index contributed by atoms with van der Waals surface area (Å²) in [5.41, 5.74) is 9.35. The highest BCUT2D eigenvalue weighted by Crippen LogP contribution is 2.31. The van der Waals surface area contributed by atoms with Gasteiger partial charge in [-0.05, 0) is 41.3 Å². The van der Waals surface area contributed by atoms with Crippen molar-refractivity contribution in [2.24, 2.45) is 5.10 Å². The summed E-state index contributed by atoms with van der Waals surface area (Å²) in [5, 5.41) is 4.27. The van der Waals surface area contributed by atoms with Crippen LogP contribution in [0.5, 0.6) is 5.75 Å². The van der Waals surface area contributed by atoms with Gasteiger partial charge in [-0.1, -0.05) is 61.9 Å². The number of carbonyl (C=O) groups is 2. The number of aromatic nitrogens is 2. The summed E-state index contributed by atoms with van der Waals surface area (Å²) >= 11 is 0. The standard InChI is InChI=1S/C30H30N4O4/c1-3-4-9-28-31-25-15-14-22(24-16-17-29(35)33-32-24)18-26(25)34(28)19-20-10-12-21(13-11-20)23-7-5-6-8-27(23)38-30(36)37-2/h5-8,10-15,18H,3-4,9,16-17,19H2,1-2H3,(H,33,35). The van der Waals surface area contributed by atoms with Crippen molar-refractivity contribution in [3.8, 4) is 16.9 Å². The van der Waals surface area contributed by atoms with Crippen molar-refractivity contribution in [3.05, 3.63) is 83.7 Å². The smallest absolute Gasteiger partial charge is 0.437 e. The Morgan fingerprint density at radius 2 is 1.82 bits per heavy atom. The number of carbonyl (C=O) groups excluding carboxylic acids is 2. The molecule has 38 heavy (non-hydrogen) atoms. The van der Waals surface area contributed by atoms with E-state index in [-0.39, 0.29) is 5.91 Å². The number of unbranched alkanes of at least 4 members (excludes halogenated alkanes) is 1. The van der Waals surface area contributed by atoms with E-state index >= 15 is 0 Å². The first-order chi connectivity index (χ1) is 18.6. The molecule has 2 heterocycles.